The van der Waals surface area contributed by atoms with Gasteiger partial charge in [0.15, 0.2) is 0 Å². The minimum Gasteiger partial charge on any atom is -0.497 e. The Kier molecular flexibility index (Phi) is 4.74. The number of hydrogen-bond acceptors (Lipinski definition) is 3. The van der Waals surface area contributed by atoms with Crippen molar-refractivity contribution in [2.24, 2.45) is 5.92 Å². The summed E-state index contributed by atoms with van der Waals surface area (Å²) in [6.07, 6.45) is 6.98. The van der Waals surface area contributed by atoms with Gasteiger partial charge in [-0.25, -0.2) is 4.79 Å². The lowest BCUT2D eigenvalue weighted by molar-refractivity contribution is -0.123. The molecule has 2 aliphatic heterocycles. The molecule has 0 unspecified atom stereocenters. The van der Waals surface area contributed by atoms with Gasteiger partial charge < -0.3 is 20.3 Å². The van der Waals surface area contributed by atoms with E-state index in [2.05, 4.69) is 10.6 Å². The first-order valence-electron chi connectivity index (χ1n) is 9.68. The molecule has 6 nitrogen and oxygen atoms in total. The Labute approximate surface area is 154 Å². The van der Waals surface area contributed by atoms with Crippen LogP contribution in [0, 0.1) is 5.92 Å². The van der Waals surface area contributed by atoms with Crippen LogP contribution in [0.25, 0.3) is 0 Å². The lowest BCUT2D eigenvalue weighted by atomic mass is 9.82. The molecular weight excluding hydrogens is 330 g/mol. The number of rotatable bonds is 4. The van der Waals surface area contributed by atoms with E-state index in [0.717, 1.165) is 56.4 Å². The summed E-state index contributed by atoms with van der Waals surface area (Å²) in [7, 11) is 1.63. The van der Waals surface area contributed by atoms with Crippen molar-refractivity contribution in [3.8, 4) is 5.75 Å². The van der Waals surface area contributed by atoms with Crippen LogP contribution in [0.4, 0.5) is 10.5 Å². The van der Waals surface area contributed by atoms with Gasteiger partial charge in [0.2, 0.25) is 5.91 Å². The SMILES string of the molecule is COc1ccc(NC(=O)N2[C@H]3CCC[C@H]2CC(NC(=O)C2CC2)C3)cc1. The summed E-state index contributed by atoms with van der Waals surface area (Å²) in [5, 5.41) is 6.24. The van der Waals surface area contributed by atoms with E-state index in [1.165, 1.54) is 0 Å². The molecule has 0 radical (unpaired) electrons. The van der Waals surface area contributed by atoms with Crippen molar-refractivity contribution in [3.05, 3.63) is 24.3 Å². The van der Waals surface area contributed by atoms with Crippen LogP contribution in [-0.2, 0) is 4.79 Å². The van der Waals surface area contributed by atoms with Crippen molar-refractivity contribution in [1.29, 1.82) is 0 Å². The second-order valence-corrected chi connectivity index (χ2v) is 7.76. The molecule has 26 heavy (non-hydrogen) atoms. The highest BCUT2D eigenvalue weighted by molar-refractivity contribution is 5.90. The third-order valence-corrected chi connectivity index (χ3v) is 5.84. The highest BCUT2D eigenvalue weighted by atomic mass is 16.5. The minimum atomic E-state index is -0.0307. The Morgan fingerprint density at radius 2 is 1.69 bits per heavy atom. The molecule has 0 aromatic heterocycles. The molecule has 1 aromatic carbocycles. The zero-order valence-corrected chi connectivity index (χ0v) is 15.2. The van der Waals surface area contributed by atoms with Crippen LogP contribution in [-0.4, -0.2) is 42.1 Å². The van der Waals surface area contributed by atoms with Crippen LogP contribution in [0.15, 0.2) is 24.3 Å². The number of carbonyl (C=O) groups excluding carboxylic acids is 2. The number of piperidine rings is 2. The van der Waals surface area contributed by atoms with Crippen molar-refractivity contribution in [1.82, 2.24) is 10.2 Å². The predicted molar refractivity (Wildman–Crippen MR) is 99.2 cm³/mol. The summed E-state index contributed by atoms with van der Waals surface area (Å²) >= 11 is 0. The summed E-state index contributed by atoms with van der Waals surface area (Å²) < 4.78 is 5.16. The highest BCUT2D eigenvalue weighted by Gasteiger charge is 2.42. The quantitative estimate of drug-likeness (QED) is 0.870. The van der Waals surface area contributed by atoms with Crippen molar-refractivity contribution >= 4 is 17.6 Å². The minimum absolute atomic E-state index is 0.0307. The van der Waals surface area contributed by atoms with E-state index in [0.29, 0.717) is 0 Å². The zero-order valence-electron chi connectivity index (χ0n) is 15.2. The molecule has 140 valence electrons. The molecule has 4 rings (SSSR count). The number of fused-ring (bicyclic) bond motifs is 2. The Bertz CT molecular complexity index is 657. The van der Waals surface area contributed by atoms with E-state index in [9.17, 15) is 9.59 Å². The Hall–Kier alpha value is -2.24. The second kappa shape index (κ2) is 7.17. The van der Waals surface area contributed by atoms with Crippen molar-refractivity contribution in [3.63, 3.8) is 0 Å². The molecule has 3 fully saturated rings. The van der Waals surface area contributed by atoms with E-state index in [1.807, 2.05) is 29.2 Å². The normalized spacial score (nSPS) is 27.6. The third kappa shape index (κ3) is 3.64. The number of anilines is 1. The van der Waals surface area contributed by atoms with E-state index in [4.69, 9.17) is 4.74 Å². The average molecular weight is 357 g/mol. The van der Waals surface area contributed by atoms with Crippen LogP contribution >= 0.6 is 0 Å². The van der Waals surface area contributed by atoms with Gasteiger partial charge in [-0.3, -0.25) is 4.79 Å². The van der Waals surface area contributed by atoms with Gasteiger partial charge in [-0.2, -0.15) is 0 Å². The molecule has 2 heterocycles. The van der Waals surface area contributed by atoms with Gasteiger partial charge in [-0.05, 0) is 69.2 Å². The second-order valence-electron chi connectivity index (χ2n) is 7.76. The average Bonchev–Trinajstić information content (AvgIpc) is 3.46. The summed E-state index contributed by atoms with van der Waals surface area (Å²) in [6, 6.07) is 8.01. The standard InChI is InChI=1S/C20H27N3O3/c1-26-18-9-7-14(8-10-18)22-20(25)23-16-3-2-4-17(23)12-15(11-16)21-19(24)13-5-6-13/h7-10,13,15-17H,2-6,11-12H2,1H3,(H,21,24)(H,22,25)/t16-,17-/m0/s1. The van der Waals surface area contributed by atoms with Gasteiger partial charge in [0.05, 0.1) is 7.11 Å². The molecule has 2 saturated heterocycles. The number of nitrogens with one attached hydrogen (secondary N) is 2. The maximum atomic E-state index is 12.9. The lowest BCUT2D eigenvalue weighted by Gasteiger charge is -2.48. The van der Waals surface area contributed by atoms with Gasteiger partial charge in [0, 0.05) is 29.7 Å². The van der Waals surface area contributed by atoms with E-state index < -0.39 is 0 Å². The molecule has 1 aliphatic carbocycles. The molecule has 6 heteroatoms. The van der Waals surface area contributed by atoms with Gasteiger partial charge >= 0.3 is 6.03 Å². The first-order valence-corrected chi connectivity index (χ1v) is 9.68. The summed E-state index contributed by atoms with van der Waals surface area (Å²) in [4.78, 5) is 27.0. The molecule has 3 amide bonds. The zero-order chi connectivity index (χ0) is 18.1. The van der Waals surface area contributed by atoms with E-state index >= 15 is 0 Å². The van der Waals surface area contributed by atoms with Gasteiger partial charge in [-0.15, -0.1) is 0 Å². The van der Waals surface area contributed by atoms with Crippen LogP contribution in [0.5, 0.6) is 5.75 Å². The number of hydrogen-bond donors (Lipinski definition) is 2. The highest BCUT2D eigenvalue weighted by Crippen LogP contribution is 2.36. The molecular formula is C20H27N3O3. The monoisotopic (exact) mass is 357 g/mol. The predicted octanol–water partition coefficient (Wildman–Crippen LogP) is 3.14. The van der Waals surface area contributed by atoms with Gasteiger partial charge in [0.25, 0.3) is 0 Å². The number of benzene rings is 1. The summed E-state index contributed by atoms with van der Waals surface area (Å²) in [5.74, 6) is 1.22. The van der Waals surface area contributed by atoms with Crippen molar-refractivity contribution in [2.75, 3.05) is 12.4 Å². The van der Waals surface area contributed by atoms with Crippen LogP contribution in [0.1, 0.15) is 44.9 Å². The number of ether oxygens (including phenoxy) is 1. The Balaban J connectivity index is 1.39. The topological polar surface area (TPSA) is 70.7 Å². The number of nitrogens with zero attached hydrogens (tertiary/aromatic N) is 1. The number of amides is 3. The largest absolute Gasteiger partial charge is 0.497 e. The van der Waals surface area contributed by atoms with Gasteiger partial charge in [-0.1, -0.05) is 0 Å². The molecule has 2 N–H and O–H groups in total. The maximum Gasteiger partial charge on any atom is 0.322 e. The molecule has 1 saturated carbocycles. The summed E-state index contributed by atoms with van der Waals surface area (Å²) in [6.45, 7) is 0. The van der Waals surface area contributed by atoms with Crippen molar-refractivity contribution < 1.29 is 14.3 Å². The third-order valence-electron chi connectivity index (χ3n) is 5.84. The van der Waals surface area contributed by atoms with Crippen LogP contribution in [0.3, 0.4) is 0 Å². The molecule has 3 aliphatic rings. The number of methoxy groups -OCH3 is 1. The Morgan fingerprint density at radius 1 is 1.04 bits per heavy atom. The first-order chi connectivity index (χ1) is 12.6. The Morgan fingerprint density at radius 3 is 2.27 bits per heavy atom. The molecule has 0 spiro atoms. The van der Waals surface area contributed by atoms with E-state index in [1.54, 1.807) is 7.11 Å². The molecule has 1 aromatic rings. The van der Waals surface area contributed by atoms with E-state index in [-0.39, 0.29) is 36.0 Å². The maximum absolute atomic E-state index is 12.9. The smallest absolute Gasteiger partial charge is 0.322 e. The summed E-state index contributed by atoms with van der Waals surface area (Å²) in [5.41, 5.74) is 0.776. The van der Waals surface area contributed by atoms with Gasteiger partial charge in [0.1, 0.15) is 5.75 Å². The number of urea groups is 1. The molecule has 2 bridgehead atoms. The fourth-order valence-electron chi connectivity index (χ4n) is 4.36. The molecule has 2 atom stereocenters. The van der Waals surface area contributed by atoms with Crippen molar-refractivity contribution in [2.45, 2.75) is 63.1 Å². The fraction of sp³-hybridized carbons (Fsp3) is 0.600. The van der Waals surface area contributed by atoms with Crippen LogP contribution < -0.4 is 15.4 Å². The lowest BCUT2D eigenvalue weighted by Crippen LogP contribution is -2.59. The van der Waals surface area contributed by atoms with Crippen LogP contribution in [0.2, 0.25) is 0 Å². The number of carbonyl (C=O) groups is 2. The first kappa shape index (κ1) is 17.2. The fourth-order valence-corrected chi connectivity index (χ4v) is 4.36.